The lowest BCUT2D eigenvalue weighted by Crippen LogP contribution is -2.49. The van der Waals surface area contributed by atoms with Crippen LogP contribution in [0.25, 0.3) is 17.2 Å². The molecular formula is C25H26N8O3. The first kappa shape index (κ1) is 22.4. The summed E-state index contributed by atoms with van der Waals surface area (Å²) in [6.07, 6.45) is 3.90. The third-order valence-electron chi connectivity index (χ3n) is 7.10. The van der Waals surface area contributed by atoms with Gasteiger partial charge in [-0.3, -0.25) is 9.88 Å². The van der Waals surface area contributed by atoms with Crippen molar-refractivity contribution in [2.75, 3.05) is 13.7 Å². The monoisotopic (exact) mass is 486 g/mol. The van der Waals surface area contributed by atoms with Crippen LogP contribution in [0.2, 0.25) is 0 Å². The van der Waals surface area contributed by atoms with Crippen molar-refractivity contribution >= 4 is 5.65 Å². The third kappa shape index (κ3) is 4.03. The summed E-state index contributed by atoms with van der Waals surface area (Å²) >= 11 is 0. The minimum atomic E-state index is 0.249. The van der Waals surface area contributed by atoms with Crippen molar-refractivity contribution in [2.24, 2.45) is 5.92 Å². The van der Waals surface area contributed by atoms with Crippen LogP contribution in [0.15, 0.2) is 28.8 Å². The topological polar surface area (TPSA) is 127 Å². The van der Waals surface area contributed by atoms with E-state index in [-0.39, 0.29) is 6.61 Å². The van der Waals surface area contributed by atoms with Gasteiger partial charge in [0.25, 0.3) is 5.88 Å². The Morgan fingerprint density at radius 1 is 1.22 bits per heavy atom. The van der Waals surface area contributed by atoms with Gasteiger partial charge in [0.1, 0.15) is 12.4 Å². The molecule has 1 aliphatic heterocycles. The summed E-state index contributed by atoms with van der Waals surface area (Å²) in [5.41, 5.74) is 4.24. The molecule has 11 heteroatoms. The maximum atomic E-state index is 9.06. The van der Waals surface area contributed by atoms with Crippen LogP contribution < -0.4 is 9.47 Å². The fourth-order valence-corrected chi connectivity index (χ4v) is 5.05. The van der Waals surface area contributed by atoms with Crippen molar-refractivity contribution in [1.29, 1.82) is 5.26 Å². The number of rotatable bonds is 7. The molecule has 0 N–H and O–H groups in total. The summed E-state index contributed by atoms with van der Waals surface area (Å²) in [5.74, 6) is 2.40. The lowest BCUT2D eigenvalue weighted by Gasteiger charge is -2.45. The van der Waals surface area contributed by atoms with E-state index in [9.17, 15) is 0 Å². The Morgan fingerprint density at radius 2 is 2.14 bits per heavy atom. The van der Waals surface area contributed by atoms with Crippen LogP contribution in [-0.4, -0.2) is 54.5 Å². The second-order valence-corrected chi connectivity index (χ2v) is 9.32. The van der Waals surface area contributed by atoms with Gasteiger partial charge in [-0.1, -0.05) is 11.2 Å². The second-order valence-electron chi connectivity index (χ2n) is 9.32. The number of ether oxygens (including phenoxy) is 2. The first-order chi connectivity index (χ1) is 17.6. The highest BCUT2D eigenvalue weighted by atomic mass is 16.5. The molecule has 2 unspecified atom stereocenters. The number of hydrogen-bond donors (Lipinski definition) is 0. The number of aryl methyl sites for hydroxylation is 1. The molecule has 1 aliphatic carbocycles. The highest BCUT2D eigenvalue weighted by molar-refractivity contribution is 5.56. The van der Waals surface area contributed by atoms with E-state index in [2.05, 4.69) is 37.5 Å². The zero-order chi connectivity index (χ0) is 24.6. The molecule has 0 aromatic carbocycles. The van der Waals surface area contributed by atoms with Crippen molar-refractivity contribution in [3.05, 3.63) is 47.0 Å². The number of fused-ring (bicyclic) bond motifs is 2. The van der Waals surface area contributed by atoms with Crippen LogP contribution >= 0.6 is 0 Å². The normalized spacial score (nSPS) is 19.5. The van der Waals surface area contributed by atoms with E-state index in [1.807, 2.05) is 13.0 Å². The molecule has 5 heterocycles. The minimum Gasteiger partial charge on any atom is -0.491 e. The molecule has 6 rings (SSSR count). The quantitative estimate of drug-likeness (QED) is 0.384. The van der Waals surface area contributed by atoms with Crippen molar-refractivity contribution < 1.29 is 14.0 Å². The number of nitrogens with zero attached hydrogens (tertiary/aromatic N) is 8. The lowest BCUT2D eigenvalue weighted by atomic mass is 9.76. The highest BCUT2D eigenvalue weighted by Gasteiger charge is 2.36. The number of hydrogen-bond acceptors (Lipinski definition) is 10. The van der Waals surface area contributed by atoms with Crippen LogP contribution in [0.1, 0.15) is 42.0 Å². The van der Waals surface area contributed by atoms with E-state index in [4.69, 9.17) is 24.2 Å². The van der Waals surface area contributed by atoms with Gasteiger partial charge in [0.2, 0.25) is 5.82 Å². The molecule has 0 amide bonds. The summed E-state index contributed by atoms with van der Waals surface area (Å²) in [6.45, 7) is 3.92. The van der Waals surface area contributed by atoms with E-state index in [0.29, 0.717) is 52.9 Å². The fourth-order valence-electron chi connectivity index (χ4n) is 5.05. The fraction of sp³-hybridized carbons (Fsp3) is 0.440. The molecule has 2 atom stereocenters. The second kappa shape index (κ2) is 9.20. The van der Waals surface area contributed by atoms with E-state index >= 15 is 0 Å². The molecule has 184 valence electrons. The first-order valence-corrected chi connectivity index (χ1v) is 12.1. The maximum Gasteiger partial charge on any atom is 0.275 e. The standard InChI is InChI=1S/C25H26N8O3/c1-15-11-20(31-36-15)24-29-28-23-12-22(34-2)25(30-33(23)24)35-14-18-5-3-17-13-32(10-8-19(17)27-18)21-6-4-16(21)7-9-26/h3,5,11-12,16,21H,4,6-8,10,13-14H2,1-2H3. The van der Waals surface area contributed by atoms with Crippen LogP contribution in [-0.2, 0) is 19.6 Å². The number of pyridine rings is 1. The van der Waals surface area contributed by atoms with Gasteiger partial charge in [0.15, 0.2) is 17.1 Å². The number of nitriles is 1. The largest absolute Gasteiger partial charge is 0.491 e. The highest BCUT2D eigenvalue weighted by Crippen LogP contribution is 2.37. The van der Waals surface area contributed by atoms with Crippen molar-refractivity contribution in [1.82, 2.24) is 34.9 Å². The summed E-state index contributed by atoms with van der Waals surface area (Å²) in [6, 6.07) is 10.5. The Bertz CT molecular complexity index is 1460. The molecule has 0 bridgehead atoms. The van der Waals surface area contributed by atoms with Crippen LogP contribution in [0.4, 0.5) is 0 Å². The minimum absolute atomic E-state index is 0.249. The zero-order valence-electron chi connectivity index (χ0n) is 20.2. The average molecular weight is 487 g/mol. The first-order valence-electron chi connectivity index (χ1n) is 12.1. The van der Waals surface area contributed by atoms with Crippen LogP contribution in [0.5, 0.6) is 11.6 Å². The van der Waals surface area contributed by atoms with Gasteiger partial charge in [-0.25, -0.2) is 0 Å². The van der Waals surface area contributed by atoms with Gasteiger partial charge >= 0.3 is 0 Å². The maximum absolute atomic E-state index is 9.06. The third-order valence-corrected chi connectivity index (χ3v) is 7.10. The van der Waals surface area contributed by atoms with Crippen molar-refractivity contribution in [3.8, 4) is 29.2 Å². The lowest BCUT2D eigenvalue weighted by molar-refractivity contribution is 0.0529. The molecule has 0 spiro atoms. The molecule has 11 nitrogen and oxygen atoms in total. The van der Waals surface area contributed by atoms with E-state index in [1.165, 1.54) is 12.0 Å². The predicted octanol–water partition coefficient (Wildman–Crippen LogP) is 3.12. The van der Waals surface area contributed by atoms with Gasteiger partial charge in [0.05, 0.1) is 18.9 Å². The summed E-state index contributed by atoms with van der Waals surface area (Å²) in [5, 5.41) is 26.0. The van der Waals surface area contributed by atoms with Gasteiger partial charge in [0, 0.05) is 49.8 Å². The van der Waals surface area contributed by atoms with Gasteiger partial charge in [-0.15, -0.1) is 15.3 Å². The summed E-state index contributed by atoms with van der Waals surface area (Å²) in [4.78, 5) is 7.39. The molecule has 4 aromatic rings. The van der Waals surface area contributed by atoms with Crippen LogP contribution in [0.3, 0.4) is 0 Å². The molecule has 2 aliphatic rings. The van der Waals surface area contributed by atoms with E-state index in [1.54, 1.807) is 23.8 Å². The zero-order valence-corrected chi connectivity index (χ0v) is 20.2. The molecule has 4 aromatic heterocycles. The summed E-state index contributed by atoms with van der Waals surface area (Å²) < 4.78 is 18.3. The smallest absolute Gasteiger partial charge is 0.275 e. The van der Waals surface area contributed by atoms with Crippen molar-refractivity contribution in [2.45, 2.75) is 51.8 Å². The number of aromatic nitrogens is 6. The molecule has 36 heavy (non-hydrogen) atoms. The van der Waals surface area contributed by atoms with Crippen molar-refractivity contribution in [3.63, 3.8) is 0 Å². The Hall–Kier alpha value is -4.04. The van der Waals surface area contributed by atoms with Gasteiger partial charge in [-0.2, -0.15) is 9.78 Å². The number of methoxy groups -OCH3 is 1. The molecule has 1 saturated carbocycles. The van der Waals surface area contributed by atoms with E-state index in [0.717, 1.165) is 37.3 Å². The Balaban J connectivity index is 1.18. The molecular weight excluding hydrogens is 460 g/mol. The van der Waals surface area contributed by atoms with Gasteiger partial charge < -0.3 is 14.0 Å². The molecule has 0 radical (unpaired) electrons. The Labute approximate surface area is 207 Å². The van der Waals surface area contributed by atoms with Crippen LogP contribution in [0, 0.1) is 24.2 Å². The average Bonchev–Trinajstić information content (AvgIpc) is 3.50. The summed E-state index contributed by atoms with van der Waals surface area (Å²) in [7, 11) is 1.56. The Kier molecular flexibility index (Phi) is 5.73. The Morgan fingerprint density at radius 3 is 2.89 bits per heavy atom. The SMILES string of the molecule is COc1cc2nnc(-c3cc(C)on3)n2nc1OCc1ccc2c(n1)CCN(C1CCC1CC#N)C2. The van der Waals surface area contributed by atoms with Gasteiger partial charge in [-0.05, 0) is 37.3 Å². The predicted molar refractivity (Wildman–Crippen MR) is 127 cm³/mol. The molecule has 1 fully saturated rings. The van der Waals surface area contributed by atoms with E-state index < -0.39 is 0 Å². The molecule has 0 saturated heterocycles.